The van der Waals surface area contributed by atoms with Gasteiger partial charge in [0.05, 0.1) is 21.6 Å². The summed E-state index contributed by atoms with van der Waals surface area (Å²) in [4.78, 5) is 13.8. The van der Waals surface area contributed by atoms with Crippen LogP contribution in [0.5, 0.6) is 0 Å². The number of fused-ring (bicyclic) bond motifs is 1. The molecule has 1 atom stereocenters. The molecule has 7 nitrogen and oxygen atoms in total. The summed E-state index contributed by atoms with van der Waals surface area (Å²) in [5.74, 6) is -0.0393. The van der Waals surface area contributed by atoms with Crippen LogP contribution in [0.15, 0.2) is 104 Å². The van der Waals surface area contributed by atoms with Crippen LogP contribution >= 0.6 is 15.9 Å². The Balaban J connectivity index is 1.40. The highest BCUT2D eigenvalue weighted by molar-refractivity contribution is 9.12. The van der Waals surface area contributed by atoms with Gasteiger partial charge in [0, 0.05) is 55.6 Å². The van der Waals surface area contributed by atoms with Crippen molar-refractivity contribution in [2.75, 3.05) is 19.6 Å². The fourth-order valence-electron chi connectivity index (χ4n) is 4.74. The van der Waals surface area contributed by atoms with Gasteiger partial charge >= 0.3 is 0 Å². The number of hydrogen-bond acceptors (Lipinski definition) is 6. The van der Waals surface area contributed by atoms with Crippen LogP contribution in [-0.2, 0) is 16.6 Å². The number of pyridine rings is 1. The predicted molar refractivity (Wildman–Crippen MR) is 157 cm³/mol. The normalized spacial score (nSPS) is 19.4. The second-order valence-corrected chi connectivity index (χ2v) is 12.3. The second kappa shape index (κ2) is 11.7. The summed E-state index contributed by atoms with van der Waals surface area (Å²) in [5.41, 5.74) is 3.75. The Kier molecular flexibility index (Phi) is 8.16. The first-order chi connectivity index (χ1) is 18.4. The first-order valence-corrected chi connectivity index (χ1v) is 14.9. The highest BCUT2D eigenvalue weighted by atomic mass is 79.9. The van der Waals surface area contributed by atoms with Gasteiger partial charge in [-0.25, -0.2) is 8.42 Å². The lowest BCUT2D eigenvalue weighted by molar-refractivity contribution is 0.312. The van der Waals surface area contributed by atoms with Crippen molar-refractivity contribution in [3.05, 3.63) is 94.5 Å². The molecule has 3 aromatic rings. The number of aliphatic imine (C=N–C) groups is 2. The molecule has 3 heterocycles. The monoisotopic (exact) mass is 591 g/mol. The van der Waals surface area contributed by atoms with Crippen LogP contribution in [0.1, 0.15) is 25.3 Å². The fraction of sp³-hybridized carbons (Fsp3) is 0.276. The lowest BCUT2D eigenvalue weighted by atomic mass is 9.93. The summed E-state index contributed by atoms with van der Waals surface area (Å²) in [7, 11) is -3.64. The summed E-state index contributed by atoms with van der Waals surface area (Å²) < 4.78 is 29.9. The van der Waals surface area contributed by atoms with E-state index < -0.39 is 10.0 Å². The molecule has 1 unspecified atom stereocenters. The number of aromatic nitrogens is 1. The van der Waals surface area contributed by atoms with Crippen LogP contribution in [0.3, 0.4) is 0 Å². The number of sulfonamides is 1. The van der Waals surface area contributed by atoms with E-state index in [1.807, 2.05) is 61.7 Å². The van der Waals surface area contributed by atoms with Crippen LogP contribution in [-0.4, -0.2) is 49.3 Å². The molecule has 38 heavy (non-hydrogen) atoms. The first-order valence-electron chi connectivity index (χ1n) is 12.7. The topological polar surface area (TPSA) is 87.0 Å². The van der Waals surface area contributed by atoms with Crippen molar-refractivity contribution in [3.8, 4) is 0 Å². The van der Waals surface area contributed by atoms with E-state index in [9.17, 15) is 8.42 Å². The van der Waals surface area contributed by atoms with E-state index in [-0.39, 0.29) is 5.92 Å². The maximum absolute atomic E-state index is 13.7. The first kappa shape index (κ1) is 26.5. The van der Waals surface area contributed by atoms with Gasteiger partial charge < -0.3 is 5.32 Å². The molecule has 0 amide bonds. The largest absolute Gasteiger partial charge is 0.384 e. The Bertz CT molecular complexity index is 1550. The zero-order valence-electron chi connectivity index (χ0n) is 21.2. The molecule has 2 aliphatic heterocycles. The van der Waals surface area contributed by atoms with E-state index in [0.29, 0.717) is 31.1 Å². The van der Waals surface area contributed by atoms with Crippen molar-refractivity contribution in [1.82, 2.24) is 14.6 Å². The number of allylic oxidation sites excluding steroid dienone is 3. The summed E-state index contributed by atoms with van der Waals surface area (Å²) in [6.07, 6.45) is 9.03. The lowest BCUT2D eigenvalue weighted by Crippen LogP contribution is -2.42. The molecule has 196 valence electrons. The third-order valence-electron chi connectivity index (χ3n) is 6.81. The van der Waals surface area contributed by atoms with Gasteiger partial charge in [0.15, 0.2) is 0 Å². The SMILES string of the molecule is C/C(=C\C(=NC1=C(Br)C=NC1)C1CCCN(S(=O)(=O)c2ccc3ccccc3c2)C1)NCc1cccnc1. The molecule has 1 fully saturated rings. The molecule has 0 spiro atoms. The fourth-order valence-corrected chi connectivity index (χ4v) is 6.66. The van der Waals surface area contributed by atoms with Crippen LogP contribution < -0.4 is 5.32 Å². The second-order valence-electron chi connectivity index (χ2n) is 9.55. The number of nitrogens with zero attached hydrogens (tertiary/aromatic N) is 4. The van der Waals surface area contributed by atoms with E-state index in [1.165, 1.54) is 0 Å². The molecular formula is C29H30BrN5O2S. The van der Waals surface area contributed by atoms with E-state index in [0.717, 1.165) is 50.8 Å². The van der Waals surface area contributed by atoms with Crippen LogP contribution in [0, 0.1) is 5.92 Å². The third kappa shape index (κ3) is 6.11. The van der Waals surface area contributed by atoms with E-state index in [1.54, 1.807) is 28.8 Å². The van der Waals surface area contributed by atoms with Crippen LogP contribution in [0.2, 0.25) is 0 Å². The number of rotatable bonds is 8. The maximum atomic E-state index is 13.7. The summed E-state index contributed by atoms with van der Waals surface area (Å²) in [6, 6.07) is 17.1. The zero-order chi connectivity index (χ0) is 26.5. The standard InChI is InChI=1S/C29H30BrN5O2S/c1-21(33-17-22-6-4-12-31-16-22)14-28(34-29-19-32-18-27(29)30)25-9-5-13-35(20-25)38(36,37)26-11-10-23-7-2-3-8-24(23)15-26/h2-4,6-8,10-12,14-16,18,25,33H,5,9,13,17,19-20H2,1H3/b21-14+,34-28?. The number of nitrogens with one attached hydrogen (secondary N) is 1. The van der Waals surface area contributed by atoms with Gasteiger partial charge in [0.1, 0.15) is 0 Å². The maximum Gasteiger partial charge on any atom is 0.243 e. The molecular weight excluding hydrogens is 562 g/mol. The van der Waals surface area contributed by atoms with Crippen LogP contribution in [0.25, 0.3) is 10.8 Å². The van der Waals surface area contributed by atoms with Crippen molar-refractivity contribution in [2.24, 2.45) is 15.9 Å². The molecule has 5 rings (SSSR count). The van der Waals surface area contributed by atoms with Gasteiger partial charge in [-0.3, -0.25) is 15.0 Å². The van der Waals surface area contributed by atoms with E-state index in [4.69, 9.17) is 4.99 Å². The van der Waals surface area contributed by atoms with Crippen molar-refractivity contribution < 1.29 is 8.42 Å². The summed E-state index contributed by atoms with van der Waals surface area (Å²) in [6.45, 7) is 4.04. The van der Waals surface area contributed by atoms with E-state index >= 15 is 0 Å². The van der Waals surface area contributed by atoms with Gasteiger partial charge in [0.2, 0.25) is 10.0 Å². The molecule has 1 aromatic heterocycles. The molecule has 1 N–H and O–H groups in total. The van der Waals surface area contributed by atoms with Gasteiger partial charge in [-0.2, -0.15) is 4.31 Å². The Hall–Kier alpha value is -3.14. The molecule has 0 radical (unpaired) electrons. The van der Waals surface area contributed by atoms with Gasteiger partial charge in [-0.15, -0.1) is 0 Å². The summed E-state index contributed by atoms with van der Waals surface area (Å²) >= 11 is 3.55. The van der Waals surface area contributed by atoms with Gasteiger partial charge in [-0.05, 0) is 76.3 Å². The smallest absolute Gasteiger partial charge is 0.243 e. The Morgan fingerprint density at radius 1 is 1.18 bits per heavy atom. The average Bonchev–Trinajstić information content (AvgIpc) is 3.36. The Morgan fingerprint density at radius 2 is 2.03 bits per heavy atom. The highest BCUT2D eigenvalue weighted by Gasteiger charge is 2.32. The lowest BCUT2D eigenvalue weighted by Gasteiger charge is -2.32. The molecule has 0 saturated carbocycles. The summed E-state index contributed by atoms with van der Waals surface area (Å²) in [5, 5.41) is 5.38. The quantitative estimate of drug-likeness (QED) is 0.352. The van der Waals surface area contributed by atoms with Crippen molar-refractivity contribution in [1.29, 1.82) is 0 Å². The Labute approximate surface area is 232 Å². The minimum atomic E-state index is -3.64. The van der Waals surface area contributed by atoms with Crippen molar-refractivity contribution in [2.45, 2.75) is 31.2 Å². The Morgan fingerprint density at radius 3 is 2.79 bits per heavy atom. The predicted octanol–water partition coefficient (Wildman–Crippen LogP) is 5.46. The molecule has 0 bridgehead atoms. The minimum Gasteiger partial charge on any atom is -0.384 e. The van der Waals surface area contributed by atoms with Gasteiger partial charge in [-0.1, -0.05) is 36.4 Å². The molecule has 0 aliphatic carbocycles. The highest BCUT2D eigenvalue weighted by Crippen LogP contribution is 2.28. The van der Waals surface area contributed by atoms with Crippen molar-refractivity contribution >= 4 is 48.7 Å². The molecule has 1 saturated heterocycles. The zero-order valence-corrected chi connectivity index (χ0v) is 23.6. The number of piperidine rings is 1. The average molecular weight is 593 g/mol. The van der Waals surface area contributed by atoms with Crippen molar-refractivity contribution in [3.63, 3.8) is 0 Å². The third-order valence-corrected chi connectivity index (χ3v) is 9.33. The van der Waals surface area contributed by atoms with Gasteiger partial charge in [0.25, 0.3) is 0 Å². The number of hydrogen-bond donors (Lipinski definition) is 1. The number of halogens is 1. The van der Waals surface area contributed by atoms with Crippen LogP contribution in [0.4, 0.5) is 0 Å². The molecule has 2 aliphatic rings. The molecule has 9 heteroatoms. The minimum absolute atomic E-state index is 0.0393. The number of benzene rings is 2. The van der Waals surface area contributed by atoms with E-state index in [2.05, 4.69) is 31.2 Å². The molecule has 2 aromatic carbocycles.